The molecule has 0 saturated carbocycles. The Morgan fingerprint density at radius 1 is 1.48 bits per heavy atom. The predicted octanol–water partition coefficient (Wildman–Crippen LogP) is 2.58. The summed E-state index contributed by atoms with van der Waals surface area (Å²) in [5, 5.41) is 21.9. The smallest absolute Gasteiger partial charge is 0.323 e. The highest BCUT2D eigenvalue weighted by Gasteiger charge is 2.18. The van der Waals surface area contributed by atoms with Crippen LogP contribution < -0.4 is 5.32 Å². The number of carbonyl (C=O) groups excluding carboxylic acids is 1. The van der Waals surface area contributed by atoms with Gasteiger partial charge in [-0.15, -0.1) is 0 Å². The SMILES string of the molecule is CCCN(CC(=O)O)C(=O)Nc1ccc(Cl)c([N+](=O)[O-])c1. The number of amides is 2. The van der Waals surface area contributed by atoms with Crippen LogP contribution in [-0.4, -0.2) is 40.0 Å². The average molecular weight is 316 g/mol. The van der Waals surface area contributed by atoms with Crippen molar-refractivity contribution in [1.82, 2.24) is 4.90 Å². The Kier molecular flexibility index (Phi) is 5.92. The summed E-state index contributed by atoms with van der Waals surface area (Å²) in [5.41, 5.74) is -0.169. The summed E-state index contributed by atoms with van der Waals surface area (Å²) < 4.78 is 0. The van der Waals surface area contributed by atoms with Crippen molar-refractivity contribution in [3.05, 3.63) is 33.3 Å². The van der Waals surface area contributed by atoms with E-state index in [0.29, 0.717) is 6.42 Å². The third-order valence-corrected chi connectivity index (χ3v) is 2.82. The first-order valence-corrected chi connectivity index (χ1v) is 6.44. The molecule has 9 heteroatoms. The summed E-state index contributed by atoms with van der Waals surface area (Å²) >= 11 is 5.67. The highest BCUT2D eigenvalue weighted by molar-refractivity contribution is 6.32. The Labute approximate surface area is 125 Å². The van der Waals surface area contributed by atoms with Crippen molar-refractivity contribution in [1.29, 1.82) is 0 Å². The van der Waals surface area contributed by atoms with Crippen LogP contribution in [0.1, 0.15) is 13.3 Å². The Balaban J connectivity index is 2.88. The van der Waals surface area contributed by atoms with Gasteiger partial charge in [0.15, 0.2) is 0 Å². The zero-order valence-electron chi connectivity index (χ0n) is 11.2. The van der Waals surface area contributed by atoms with E-state index in [1.165, 1.54) is 12.1 Å². The lowest BCUT2D eigenvalue weighted by Crippen LogP contribution is -2.39. The van der Waals surface area contributed by atoms with Gasteiger partial charge in [0.25, 0.3) is 5.69 Å². The molecule has 0 aliphatic heterocycles. The largest absolute Gasteiger partial charge is 0.480 e. The molecule has 1 aromatic rings. The van der Waals surface area contributed by atoms with Gasteiger partial charge in [0.05, 0.1) is 4.92 Å². The Morgan fingerprint density at radius 2 is 2.14 bits per heavy atom. The van der Waals surface area contributed by atoms with Crippen LogP contribution in [0.3, 0.4) is 0 Å². The Morgan fingerprint density at radius 3 is 2.67 bits per heavy atom. The molecular formula is C12H14ClN3O5. The lowest BCUT2D eigenvalue weighted by atomic mass is 10.3. The molecule has 0 unspecified atom stereocenters. The van der Waals surface area contributed by atoms with E-state index in [4.69, 9.17) is 16.7 Å². The van der Waals surface area contributed by atoms with Crippen LogP contribution in [0.25, 0.3) is 0 Å². The zero-order valence-corrected chi connectivity index (χ0v) is 12.0. The zero-order chi connectivity index (χ0) is 16.0. The molecule has 1 aromatic carbocycles. The quantitative estimate of drug-likeness (QED) is 0.618. The molecule has 0 heterocycles. The number of urea groups is 1. The molecule has 2 N–H and O–H groups in total. The van der Waals surface area contributed by atoms with Crippen molar-refractivity contribution < 1.29 is 19.6 Å². The number of carboxylic acids is 1. The molecule has 0 aliphatic rings. The first-order valence-electron chi connectivity index (χ1n) is 6.06. The fourth-order valence-electron chi connectivity index (χ4n) is 1.62. The number of hydrogen-bond acceptors (Lipinski definition) is 4. The summed E-state index contributed by atoms with van der Waals surface area (Å²) in [7, 11) is 0. The molecule has 0 aromatic heterocycles. The van der Waals surface area contributed by atoms with Gasteiger partial charge < -0.3 is 15.3 Å². The van der Waals surface area contributed by atoms with E-state index >= 15 is 0 Å². The fraction of sp³-hybridized carbons (Fsp3) is 0.333. The number of nitrogens with one attached hydrogen (secondary N) is 1. The van der Waals surface area contributed by atoms with Crippen molar-refractivity contribution in [2.45, 2.75) is 13.3 Å². The average Bonchev–Trinajstić information content (AvgIpc) is 2.39. The van der Waals surface area contributed by atoms with Crippen molar-refractivity contribution in [2.24, 2.45) is 0 Å². The third-order valence-electron chi connectivity index (χ3n) is 2.50. The highest BCUT2D eigenvalue weighted by Crippen LogP contribution is 2.27. The van der Waals surface area contributed by atoms with Gasteiger partial charge in [-0.3, -0.25) is 14.9 Å². The first kappa shape index (κ1) is 16.7. The topological polar surface area (TPSA) is 113 Å². The normalized spacial score (nSPS) is 10.0. The van der Waals surface area contributed by atoms with E-state index in [0.717, 1.165) is 11.0 Å². The lowest BCUT2D eigenvalue weighted by Gasteiger charge is -2.20. The Bertz CT molecular complexity index is 564. The third kappa shape index (κ3) is 4.92. The maximum absolute atomic E-state index is 12.0. The fourth-order valence-corrected chi connectivity index (χ4v) is 1.81. The molecule has 0 bridgehead atoms. The molecule has 21 heavy (non-hydrogen) atoms. The predicted molar refractivity (Wildman–Crippen MR) is 76.6 cm³/mol. The Hall–Kier alpha value is -2.35. The number of nitro groups is 1. The molecule has 8 nitrogen and oxygen atoms in total. The number of rotatable bonds is 6. The van der Waals surface area contributed by atoms with Gasteiger partial charge in [-0.2, -0.15) is 0 Å². The van der Waals surface area contributed by atoms with E-state index in [1.54, 1.807) is 6.92 Å². The van der Waals surface area contributed by atoms with Gasteiger partial charge in [0.1, 0.15) is 11.6 Å². The number of anilines is 1. The van der Waals surface area contributed by atoms with Crippen molar-refractivity contribution >= 4 is 35.0 Å². The number of hydrogen-bond donors (Lipinski definition) is 2. The molecule has 0 atom stereocenters. The summed E-state index contributed by atoms with van der Waals surface area (Å²) in [6.45, 7) is 1.61. The summed E-state index contributed by atoms with van der Waals surface area (Å²) in [5.74, 6) is -1.14. The van der Waals surface area contributed by atoms with Crippen LogP contribution >= 0.6 is 11.6 Å². The van der Waals surface area contributed by atoms with Crippen LogP contribution in [0, 0.1) is 10.1 Å². The van der Waals surface area contributed by atoms with Gasteiger partial charge in [-0.1, -0.05) is 18.5 Å². The number of nitrogens with zero attached hydrogens (tertiary/aromatic N) is 2. The van der Waals surface area contributed by atoms with Gasteiger partial charge >= 0.3 is 12.0 Å². The van der Waals surface area contributed by atoms with E-state index in [-0.39, 0.29) is 22.9 Å². The number of benzene rings is 1. The minimum absolute atomic E-state index is 0.0473. The second kappa shape index (κ2) is 7.44. The summed E-state index contributed by atoms with van der Waals surface area (Å²) in [6, 6.07) is 3.16. The number of carboxylic acid groups (broad SMARTS) is 1. The van der Waals surface area contributed by atoms with Gasteiger partial charge in [-0.25, -0.2) is 4.79 Å². The van der Waals surface area contributed by atoms with Crippen LogP contribution in [0.4, 0.5) is 16.2 Å². The molecule has 0 spiro atoms. The molecule has 114 valence electrons. The molecule has 1 rings (SSSR count). The standard InChI is InChI=1S/C12H14ClN3O5/c1-2-5-15(7-11(17)18)12(19)14-8-3-4-9(13)10(6-8)16(20)21/h3-4,6H,2,5,7H2,1H3,(H,14,19)(H,17,18). The van der Waals surface area contributed by atoms with E-state index < -0.39 is 23.5 Å². The number of halogens is 1. The maximum Gasteiger partial charge on any atom is 0.323 e. The van der Waals surface area contributed by atoms with Gasteiger partial charge in [-0.05, 0) is 18.6 Å². The minimum Gasteiger partial charge on any atom is -0.480 e. The summed E-state index contributed by atoms with van der Waals surface area (Å²) in [4.78, 5) is 33.8. The second-order valence-corrected chi connectivity index (χ2v) is 4.58. The molecular weight excluding hydrogens is 302 g/mol. The van der Waals surface area contributed by atoms with Crippen molar-refractivity contribution in [3.8, 4) is 0 Å². The van der Waals surface area contributed by atoms with Crippen LogP contribution in [0.15, 0.2) is 18.2 Å². The maximum atomic E-state index is 12.0. The number of nitro benzene ring substituents is 1. The van der Waals surface area contributed by atoms with Crippen molar-refractivity contribution in [3.63, 3.8) is 0 Å². The van der Waals surface area contributed by atoms with Crippen molar-refractivity contribution in [2.75, 3.05) is 18.4 Å². The van der Waals surface area contributed by atoms with Crippen LogP contribution in [-0.2, 0) is 4.79 Å². The molecule has 0 fully saturated rings. The van der Waals surface area contributed by atoms with Crippen LogP contribution in [0.2, 0.25) is 5.02 Å². The number of aliphatic carboxylic acids is 1. The number of carbonyl (C=O) groups is 2. The van der Waals surface area contributed by atoms with E-state index in [1.807, 2.05) is 0 Å². The molecule has 2 amide bonds. The second-order valence-electron chi connectivity index (χ2n) is 4.17. The van der Waals surface area contributed by atoms with E-state index in [2.05, 4.69) is 5.32 Å². The van der Waals surface area contributed by atoms with Gasteiger partial charge in [0, 0.05) is 18.3 Å². The molecule has 0 saturated heterocycles. The lowest BCUT2D eigenvalue weighted by molar-refractivity contribution is -0.384. The van der Waals surface area contributed by atoms with E-state index in [9.17, 15) is 19.7 Å². The van der Waals surface area contributed by atoms with Crippen LogP contribution in [0.5, 0.6) is 0 Å². The molecule has 0 aliphatic carbocycles. The summed E-state index contributed by atoms with van der Waals surface area (Å²) in [6.07, 6.45) is 0.585. The van der Waals surface area contributed by atoms with Gasteiger partial charge in [0.2, 0.25) is 0 Å². The monoisotopic (exact) mass is 315 g/mol. The molecule has 0 radical (unpaired) electrons. The minimum atomic E-state index is -1.14. The highest BCUT2D eigenvalue weighted by atomic mass is 35.5. The first-order chi connectivity index (χ1) is 9.85.